The van der Waals surface area contributed by atoms with Gasteiger partial charge in [-0.2, -0.15) is 0 Å². The Hall–Kier alpha value is -1.38. The summed E-state index contributed by atoms with van der Waals surface area (Å²) in [5, 5.41) is 3.53. The molecule has 5 N–H and O–H groups in total. The Kier molecular flexibility index (Phi) is 3.22. The lowest BCUT2D eigenvalue weighted by Gasteiger charge is -2.18. The summed E-state index contributed by atoms with van der Waals surface area (Å²) in [6.45, 7) is 2.22. The van der Waals surface area contributed by atoms with Crippen molar-refractivity contribution in [2.45, 2.75) is 38.6 Å². The average molecular weight is 219 g/mol. The van der Waals surface area contributed by atoms with Crippen LogP contribution >= 0.6 is 0 Å². The van der Waals surface area contributed by atoms with Gasteiger partial charge in [0.15, 0.2) is 0 Å². The van der Waals surface area contributed by atoms with E-state index >= 15 is 0 Å². The third kappa shape index (κ3) is 2.81. The van der Waals surface area contributed by atoms with Crippen molar-refractivity contribution in [2.24, 2.45) is 5.92 Å². The van der Waals surface area contributed by atoms with E-state index in [-0.39, 0.29) is 0 Å². The van der Waals surface area contributed by atoms with Crippen LogP contribution in [-0.2, 0) is 0 Å². The Bertz CT molecular complexity index is 358. The lowest BCUT2D eigenvalue weighted by atomic mass is 10.1. The first kappa shape index (κ1) is 11.1. The average Bonchev–Trinajstić information content (AvgIpc) is 3.06. The maximum absolute atomic E-state index is 5.79. The van der Waals surface area contributed by atoms with Crippen molar-refractivity contribution in [3.8, 4) is 0 Å². The molecular formula is C13H21N3. The molecule has 88 valence electrons. The molecule has 3 heteroatoms. The number of nitrogens with two attached hydrogens (primary N) is 2. The van der Waals surface area contributed by atoms with E-state index in [1.807, 2.05) is 18.2 Å². The highest BCUT2D eigenvalue weighted by Crippen LogP contribution is 2.35. The molecule has 0 aliphatic heterocycles. The highest BCUT2D eigenvalue weighted by atomic mass is 14.9. The lowest BCUT2D eigenvalue weighted by Crippen LogP contribution is -2.19. The molecule has 1 aromatic rings. The SMILES string of the molecule is CCC(CC1CC1)Nc1ccc(N)c(N)c1. The Morgan fingerprint density at radius 1 is 1.31 bits per heavy atom. The summed E-state index contributed by atoms with van der Waals surface area (Å²) in [5.41, 5.74) is 13.9. The van der Waals surface area contributed by atoms with Crippen LogP contribution in [0.5, 0.6) is 0 Å². The van der Waals surface area contributed by atoms with E-state index in [4.69, 9.17) is 11.5 Å². The molecule has 1 fully saturated rings. The topological polar surface area (TPSA) is 64.1 Å². The van der Waals surface area contributed by atoms with Gasteiger partial charge in [-0.25, -0.2) is 0 Å². The first-order valence-electron chi connectivity index (χ1n) is 6.10. The fourth-order valence-corrected chi connectivity index (χ4v) is 1.98. The van der Waals surface area contributed by atoms with Crippen LogP contribution in [0.25, 0.3) is 0 Å². The molecule has 1 atom stereocenters. The fourth-order valence-electron chi connectivity index (χ4n) is 1.98. The maximum atomic E-state index is 5.79. The van der Waals surface area contributed by atoms with Gasteiger partial charge in [0.1, 0.15) is 0 Å². The zero-order chi connectivity index (χ0) is 11.5. The maximum Gasteiger partial charge on any atom is 0.0568 e. The minimum absolute atomic E-state index is 0.565. The van der Waals surface area contributed by atoms with E-state index in [0.717, 1.165) is 18.0 Å². The molecule has 3 nitrogen and oxygen atoms in total. The molecule has 0 amide bonds. The van der Waals surface area contributed by atoms with Crippen molar-refractivity contribution in [3.05, 3.63) is 18.2 Å². The monoisotopic (exact) mass is 219 g/mol. The van der Waals surface area contributed by atoms with Gasteiger partial charge in [0, 0.05) is 11.7 Å². The standard InChI is InChI=1S/C13H21N3/c1-2-10(7-9-3-4-9)16-11-5-6-12(14)13(15)8-11/h5-6,8-10,16H,2-4,7,14-15H2,1H3. The Morgan fingerprint density at radius 3 is 2.62 bits per heavy atom. The number of anilines is 3. The number of rotatable bonds is 5. The molecule has 1 aromatic carbocycles. The van der Waals surface area contributed by atoms with Gasteiger partial charge in [0.2, 0.25) is 0 Å². The van der Waals surface area contributed by atoms with Crippen LogP contribution < -0.4 is 16.8 Å². The molecule has 0 aromatic heterocycles. The van der Waals surface area contributed by atoms with E-state index in [1.54, 1.807) is 0 Å². The molecule has 0 radical (unpaired) electrons. The Balaban J connectivity index is 1.97. The second kappa shape index (κ2) is 4.64. The van der Waals surface area contributed by atoms with Crippen LogP contribution in [0.3, 0.4) is 0 Å². The zero-order valence-electron chi connectivity index (χ0n) is 9.87. The van der Waals surface area contributed by atoms with Gasteiger partial charge in [-0.1, -0.05) is 19.8 Å². The minimum atomic E-state index is 0.565. The molecule has 16 heavy (non-hydrogen) atoms. The first-order valence-corrected chi connectivity index (χ1v) is 6.10. The summed E-state index contributed by atoms with van der Waals surface area (Å²) in [4.78, 5) is 0. The number of nitrogen functional groups attached to an aromatic ring is 2. The predicted molar refractivity (Wildman–Crippen MR) is 70.3 cm³/mol. The van der Waals surface area contributed by atoms with Gasteiger partial charge in [-0.05, 0) is 37.0 Å². The number of hydrogen-bond donors (Lipinski definition) is 3. The van der Waals surface area contributed by atoms with Crippen LogP contribution in [0, 0.1) is 5.92 Å². The minimum Gasteiger partial charge on any atom is -0.397 e. The molecule has 1 aliphatic carbocycles. The van der Waals surface area contributed by atoms with E-state index in [9.17, 15) is 0 Å². The summed E-state index contributed by atoms with van der Waals surface area (Å²) in [6, 6.07) is 6.35. The van der Waals surface area contributed by atoms with E-state index in [1.165, 1.54) is 19.3 Å². The van der Waals surface area contributed by atoms with Crippen LogP contribution in [-0.4, -0.2) is 6.04 Å². The highest BCUT2D eigenvalue weighted by molar-refractivity contribution is 5.69. The van der Waals surface area contributed by atoms with E-state index < -0.39 is 0 Å². The zero-order valence-corrected chi connectivity index (χ0v) is 9.87. The van der Waals surface area contributed by atoms with Gasteiger partial charge in [0.25, 0.3) is 0 Å². The Morgan fingerprint density at radius 2 is 2.06 bits per heavy atom. The largest absolute Gasteiger partial charge is 0.397 e. The smallest absolute Gasteiger partial charge is 0.0568 e. The van der Waals surface area contributed by atoms with Crippen molar-refractivity contribution in [2.75, 3.05) is 16.8 Å². The fraction of sp³-hybridized carbons (Fsp3) is 0.538. The normalized spacial score (nSPS) is 17.1. The summed E-state index contributed by atoms with van der Waals surface area (Å²) >= 11 is 0. The third-order valence-electron chi connectivity index (χ3n) is 3.27. The molecule has 1 aliphatic rings. The molecule has 0 heterocycles. The molecule has 0 bridgehead atoms. The molecule has 1 saturated carbocycles. The second-order valence-corrected chi connectivity index (χ2v) is 4.77. The molecule has 2 rings (SSSR count). The highest BCUT2D eigenvalue weighted by Gasteiger charge is 2.24. The lowest BCUT2D eigenvalue weighted by molar-refractivity contribution is 0.587. The number of nitrogens with one attached hydrogen (secondary N) is 1. The van der Waals surface area contributed by atoms with Gasteiger partial charge < -0.3 is 16.8 Å². The second-order valence-electron chi connectivity index (χ2n) is 4.77. The van der Waals surface area contributed by atoms with Crippen molar-refractivity contribution >= 4 is 17.1 Å². The van der Waals surface area contributed by atoms with Crippen molar-refractivity contribution in [1.82, 2.24) is 0 Å². The molecule has 0 saturated heterocycles. The quantitative estimate of drug-likeness (QED) is 0.667. The summed E-state index contributed by atoms with van der Waals surface area (Å²) in [6.07, 6.45) is 5.24. The van der Waals surface area contributed by atoms with Crippen molar-refractivity contribution in [3.63, 3.8) is 0 Å². The van der Waals surface area contributed by atoms with Gasteiger partial charge in [0.05, 0.1) is 11.4 Å². The number of benzene rings is 1. The van der Waals surface area contributed by atoms with E-state index in [0.29, 0.717) is 17.4 Å². The predicted octanol–water partition coefficient (Wildman–Crippen LogP) is 2.84. The van der Waals surface area contributed by atoms with Crippen LogP contribution in [0.4, 0.5) is 17.1 Å². The third-order valence-corrected chi connectivity index (χ3v) is 3.27. The van der Waals surface area contributed by atoms with Gasteiger partial charge in [-0.15, -0.1) is 0 Å². The van der Waals surface area contributed by atoms with Crippen molar-refractivity contribution < 1.29 is 0 Å². The molecule has 1 unspecified atom stereocenters. The first-order chi connectivity index (χ1) is 7.69. The van der Waals surface area contributed by atoms with Gasteiger partial charge >= 0.3 is 0 Å². The molecular weight excluding hydrogens is 198 g/mol. The van der Waals surface area contributed by atoms with Crippen LogP contribution in [0.2, 0.25) is 0 Å². The number of hydrogen-bond acceptors (Lipinski definition) is 3. The summed E-state index contributed by atoms with van der Waals surface area (Å²) in [7, 11) is 0. The van der Waals surface area contributed by atoms with E-state index in [2.05, 4.69) is 12.2 Å². The molecule has 0 spiro atoms. The summed E-state index contributed by atoms with van der Waals surface area (Å²) in [5.74, 6) is 0.948. The Labute approximate surface area is 97.2 Å². The van der Waals surface area contributed by atoms with Crippen LogP contribution in [0.1, 0.15) is 32.6 Å². The summed E-state index contributed by atoms with van der Waals surface area (Å²) < 4.78 is 0. The van der Waals surface area contributed by atoms with Gasteiger partial charge in [-0.3, -0.25) is 0 Å². The van der Waals surface area contributed by atoms with Crippen LogP contribution in [0.15, 0.2) is 18.2 Å². The van der Waals surface area contributed by atoms with Crippen molar-refractivity contribution in [1.29, 1.82) is 0 Å².